The molecule has 0 aliphatic carbocycles. The first kappa shape index (κ1) is 20.7. The van der Waals surface area contributed by atoms with Crippen molar-refractivity contribution in [3.05, 3.63) is 11.6 Å². The van der Waals surface area contributed by atoms with E-state index in [1.54, 1.807) is 6.08 Å². The first-order valence-corrected chi connectivity index (χ1v) is 8.42. The smallest absolute Gasteiger partial charge is 0.330 e. The third kappa shape index (κ3) is 13.7. The van der Waals surface area contributed by atoms with E-state index < -0.39 is 0 Å². The number of unbranched alkanes of at least 4 members (excludes halogenated alkanes) is 8. The van der Waals surface area contributed by atoms with Gasteiger partial charge in [-0.15, -0.1) is 0 Å². The van der Waals surface area contributed by atoms with Crippen LogP contribution in [0.1, 0.15) is 77.6 Å². The van der Waals surface area contributed by atoms with E-state index in [1.807, 2.05) is 6.92 Å². The van der Waals surface area contributed by atoms with Crippen LogP contribution in [0, 0.1) is 0 Å². The molecule has 4 heteroatoms. The summed E-state index contributed by atoms with van der Waals surface area (Å²) >= 11 is 0. The van der Waals surface area contributed by atoms with E-state index in [9.17, 15) is 9.59 Å². The molecule has 0 aromatic heterocycles. The predicted octanol–water partition coefficient (Wildman–Crippen LogP) is 4.57. The number of ether oxygens (including phenoxy) is 2. The summed E-state index contributed by atoms with van der Waals surface area (Å²) in [6.07, 6.45) is 13.8. The van der Waals surface area contributed by atoms with Crippen molar-refractivity contribution in [3.8, 4) is 0 Å². The lowest BCUT2D eigenvalue weighted by atomic mass is 10.0. The van der Waals surface area contributed by atoms with Crippen LogP contribution in [0.25, 0.3) is 0 Å². The van der Waals surface area contributed by atoms with E-state index in [0.717, 1.165) is 31.3 Å². The van der Waals surface area contributed by atoms with Gasteiger partial charge in [-0.3, -0.25) is 4.79 Å². The summed E-state index contributed by atoms with van der Waals surface area (Å²) in [5.74, 6) is -0.360. The molecule has 0 heterocycles. The normalized spacial score (nSPS) is 11.3. The number of carbonyl (C=O) groups excluding carboxylic acids is 2. The second-order valence-corrected chi connectivity index (χ2v) is 5.77. The van der Waals surface area contributed by atoms with Crippen LogP contribution in [0.3, 0.4) is 0 Å². The maximum atomic E-state index is 11.0. The standard InChI is InChI=1S/C18H32O4/c1-16(15-18(20)22-3)13-11-9-7-5-4-6-8-10-12-14-17(19)21-2/h15H,4-14H2,1-3H3/b16-15+. The average Bonchev–Trinajstić information content (AvgIpc) is 2.51. The van der Waals surface area contributed by atoms with Gasteiger partial charge in [-0.2, -0.15) is 0 Å². The molecule has 4 nitrogen and oxygen atoms in total. The van der Waals surface area contributed by atoms with Gasteiger partial charge in [0.1, 0.15) is 0 Å². The van der Waals surface area contributed by atoms with E-state index in [4.69, 9.17) is 0 Å². The van der Waals surface area contributed by atoms with Gasteiger partial charge in [0.15, 0.2) is 0 Å². The van der Waals surface area contributed by atoms with Gasteiger partial charge >= 0.3 is 11.9 Å². The Morgan fingerprint density at radius 2 is 1.18 bits per heavy atom. The molecular weight excluding hydrogens is 280 g/mol. The topological polar surface area (TPSA) is 52.6 Å². The SMILES string of the molecule is COC(=O)/C=C(\C)CCCCCCCCCCCC(=O)OC. The highest BCUT2D eigenvalue weighted by Gasteiger charge is 1.99. The Balaban J connectivity index is 3.29. The third-order valence-electron chi connectivity index (χ3n) is 3.75. The Hall–Kier alpha value is -1.32. The molecular formula is C18H32O4. The van der Waals surface area contributed by atoms with Crippen molar-refractivity contribution in [2.24, 2.45) is 0 Å². The monoisotopic (exact) mass is 312 g/mol. The first-order chi connectivity index (χ1) is 10.6. The number of hydrogen-bond acceptors (Lipinski definition) is 4. The fourth-order valence-electron chi connectivity index (χ4n) is 2.34. The minimum atomic E-state index is -0.260. The van der Waals surface area contributed by atoms with Gasteiger partial charge < -0.3 is 9.47 Å². The van der Waals surface area contributed by atoms with Crippen LogP contribution >= 0.6 is 0 Å². The Kier molecular flexibility index (Phi) is 13.7. The molecule has 22 heavy (non-hydrogen) atoms. The van der Waals surface area contributed by atoms with Gasteiger partial charge in [0.25, 0.3) is 0 Å². The largest absolute Gasteiger partial charge is 0.469 e. The summed E-state index contributed by atoms with van der Waals surface area (Å²) in [5.41, 5.74) is 1.09. The minimum absolute atomic E-state index is 0.100. The molecule has 0 aromatic carbocycles. The molecule has 0 spiro atoms. The van der Waals surface area contributed by atoms with Crippen LogP contribution in [0.4, 0.5) is 0 Å². The maximum absolute atomic E-state index is 11.0. The zero-order chi connectivity index (χ0) is 16.6. The Bertz CT molecular complexity index is 334. The van der Waals surface area contributed by atoms with Crippen LogP contribution in [0.5, 0.6) is 0 Å². The molecule has 0 rings (SSSR count). The summed E-state index contributed by atoms with van der Waals surface area (Å²) in [4.78, 5) is 22.0. The molecule has 0 amide bonds. The number of allylic oxidation sites excluding steroid dienone is 1. The Morgan fingerprint density at radius 1 is 0.727 bits per heavy atom. The molecule has 0 aromatic rings. The number of hydrogen-bond donors (Lipinski definition) is 0. The molecule has 0 radical (unpaired) electrons. The highest BCUT2D eigenvalue weighted by molar-refractivity contribution is 5.82. The van der Waals surface area contributed by atoms with E-state index in [0.29, 0.717) is 6.42 Å². The summed E-state index contributed by atoms with van der Waals surface area (Å²) in [6, 6.07) is 0. The number of methoxy groups -OCH3 is 2. The van der Waals surface area contributed by atoms with Crippen molar-refractivity contribution < 1.29 is 19.1 Å². The molecule has 0 atom stereocenters. The Morgan fingerprint density at radius 3 is 1.64 bits per heavy atom. The van der Waals surface area contributed by atoms with Gasteiger partial charge in [0.2, 0.25) is 0 Å². The molecule has 0 fully saturated rings. The fraction of sp³-hybridized carbons (Fsp3) is 0.778. The molecule has 0 N–H and O–H groups in total. The lowest BCUT2D eigenvalue weighted by molar-refractivity contribution is -0.140. The van der Waals surface area contributed by atoms with E-state index >= 15 is 0 Å². The lowest BCUT2D eigenvalue weighted by Gasteiger charge is -2.03. The molecule has 0 aliphatic rings. The fourth-order valence-corrected chi connectivity index (χ4v) is 2.34. The number of rotatable bonds is 13. The van der Waals surface area contributed by atoms with Crippen LogP contribution in [0.15, 0.2) is 11.6 Å². The van der Waals surface area contributed by atoms with E-state index in [-0.39, 0.29) is 11.9 Å². The minimum Gasteiger partial charge on any atom is -0.469 e. The van der Waals surface area contributed by atoms with Gasteiger partial charge in [0.05, 0.1) is 14.2 Å². The van der Waals surface area contributed by atoms with Gasteiger partial charge in [0, 0.05) is 12.5 Å². The number of esters is 2. The van der Waals surface area contributed by atoms with E-state index in [1.165, 1.54) is 52.7 Å². The second kappa shape index (κ2) is 14.6. The van der Waals surface area contributed by atoms with Crippen molar-refractivity contribution in [1.29, 1.82) is 0 Å². The quantitative estimate of drug-likeness (QED) is 0.284. The molecule has 0 saturated heterocycles. The second-order valence-electron chi connectivity index (χ2n) is 5.77. The summed E-state index contributed by atoms with van der Waals surface area (Å²) in [6.45, 7) is 1.98. The lowest BCUT2D eigenvalue weighted by Crippen LogP contribution is -1.99. The maximum Gasteiger partial charge on any atom is 0.330 e. The molecule has 128 valence electrons. The highest BCUT2D eigenvalue weighted by atomic mass is 16.5. The highest BCUT2D eigenvalue weighted by Crippen LogP contribution is 2.13. The van der Waals surface area contributed by atoms with Crippen LogP contribution in [-0.4, -0.2) is 26.2 Å². The predicted molar refractivity (Wildman–Crippen MR) is 88.6 cm³/mol. The van der Waals surface area contributed by atoms with Crippen molar-refractivity contribution >= 4 is 11.9 Å². The third-order valence-corrected chi connectivity index (χ3v) is 3.75. The average molecular weight is 312 g/mol. The van der Waals surface area contributed by atoms with Gasteiger partial charge in [-0.05, 0) is 26.2 Å². The zero-order valence-corrected chi connectivity index (χ0v) is 14.5. The van der Waals surface area contributed by atoms with Gasteiger partial charge in [-0.25, -0.2) is 4.79 Å². The van der Waals surface area contributed by atoms with Crippen molar-refractivity contribution in [1.82, 2.24) is 0 Å². The number of carbonyl (C=O) groups is 2. The molecule has 0 saturated carbocycles. The molecule has 0 aliphatic heterocycles. The molecule has 0 unspecified atom stereocenters. The van der Waals surface area contributed by atoms with Crippen molar-refractivity contribution in [3.63, 3.8) is 0 Å². The zero-order valence-electron chi connectivity index (χ0n) is 14.5. The van der Waals surface area contributed by atoms with Crippen LogP contribution in [-0.2, 0) is 19.1 Å². The Labute approximate surface area is 135 Å². The van der Waals surface area contributed by atoms with Crippen molar-refractivity contribution in [2.45, 2.75) is 77.6 Å². The summed E-state index contributed by atoms with van der Waals surface area (Å²) < 4.78 is 9.21. The van der Waals surface area contributed by atoms with Crippen LogP contribution in [0.2, 0.25) is 0 Å². The van der Waals surface area contributed by atoms with Crippen LogP contribution < -0.4 is 0 Å². The van der Waals surface area contributed by atoms with E-state index in [2.05, 4.69) is 9.47 Å². The van der Waals surface area contributed by atoms with Crippen molar-refractivity contribution in [2.75, 3.05) is 14.2 Å². The first-order valence-electron chi connectivity index (χ1n) is 8.42. The molecule has 0 bridgehead atoms. The summed E-state index contributed by atoms with van der Waals surface area (Å²) in [7, 11) is 2.84. The van der Waals surface area contributed by atoms with Gasteiger partial charge in [-0.1, -0.05) is 50.5 Å². The summed E-state index contributed by atoms with van der Waals surface area (Å²) in [5, 5.41) is 0.